The molecule has 1 fully saturated rings. The molecule has 3 rings (SSSR count). The molecular formula is C25H35N3O2. The minimum atomic E-state index is -0.183. The monoisotopic (exact) mass is 409 g/mol. The van der Waals surface area contributed by atoms with Gasteiger partial charge in [0.25, 0.3) is 0 Å². The van der Waals surface area contributed by atoms with Crippen LogP contribution in [0.25, 0.3) is 0 Å². The second kappa shape index (κ2) is 11.0. The highest BCUT2D eigenvalue weighted by Crippen LogP contribution is 2.31. The van der Waals surface area contributed by atoms with Crippen LogP contribution in [0, 0.1) is 6.92 Å². The van der Waals surface area contributed by atoms with Gasteiger partial charge in [-0.25, -0.2) is 4.79 Å². The Morgan fingerprint density at radius 2 is 1.80 bits per heavy atom. The van der Waals surface area contributed by atoms with Gasteiger partial charge in [0.2, 0.25) is 0 Å². The lowest BCUT2D eigenvalue weighted by molar-refractivity contribution is 0.0863. The molecule has 0 bridgehead atoms. The molecule has 1 aromatic heterocycles. The number of pyridine rings is 1. The summed E-state index contributed by atoms with van der Waals surface area (Å²) >= 11 is 0. The van der Waals surface area contributed by atoms with Gasteiger partial charge in [-0.15, -0.1) is 0 Å². The molecule has 0 atom stereocenters. The minimum absolute atomic E-state index is 0.183. The van der Waals surface area contributed by atoms with Gasteiger partial charge in [-0.2, -0.15) is 0 Å². The van der Waals surface area contributed by atoms with Crippen molar-refractivity contribution in [3.8, 4) is 0 Å². The Labute approximate surface area is 181 Å². The zero-order valence-electron chi connectivity index (χ0n) is 18.6. The van der Waals surface area contributed by atoms with Crippen molar-refractivity contribution in [1.29, 1.82) is 0 Å². The van der Waals surface area contributed by atoms with Crippen LogP contribution < -0.4 is 4.90 Å². The van der Waals surface area contributed by atoms with Crippen molar-refractivity contribution >= 4 is 11.8 Å². The number of aromatic nitrogens is 1. The maximum Gasteiger partial charge on any atom is 0.409 e. The number of carbonyl (C=O) groups excluding carboxylic acids is 1. The number of amides is 1. The average molecular weight is 410 g/mol. The standard InChI is InChI=1S/C25H35N3O2/c1-4-5-17-30-25(29)27(3)22-11-13-23(14-12-22)28(19-21-9-7-6-8-10-21)24-15-16-26-20(2)18-24/h6-10,15-16,18,22-23H,4-5,11-14,17,19H2,1-3H3. The second-order valence-electron chi connectivity index (χ2n) is 8.31. The summed E-state index contributed by atoms with van der Waals surface area (Å²) in [7, 11) is 1.88. The summed E-state index contributed by atoms with van der Waals surface area (Å²) in [6, 6.07) is 15.6. The van der Waals surface area contributed by atoms with Crippen LogP contribution >= 0.6 is 0 Å². The molecule has 0 saturated heterocycles. The van der Waals surface area contributed by atoms with Gasteiger partial charge in [0.1, 0.15) is 0 Å². The van der Waals surface area contributed by atoms with E-state index in [1.54, 1.807) is 0 Å². The number of carbonyl (C=O) groups is 1. The molecule has 1 heterocycles. The summed E-state index contributed by atoms with van der Waals surface area (Å²) in [5.41, 5.74) is 3.57. The normalized spacial score (nSPS) is 18.6. The summed E-state index contributed by atoms with van der Waals surface area (Å²) in [5, 5.41) is 0. The predicted octanol–water partition coefficient (Wildman–Crippen LogP) is 5.58. The van der Waals surface area contributed by atoms with Gasteiger partial charge in [-0.3, -0.25) is 4.98 Å². The van der Waals surface area contributed by atoms with Gasteiger partial charge in [0.15, 0.2) is 0 Å². The topological polar surface area (TPSA) is 45.7 Å². The molecule has 162 valence electrons. The summed E-state index contributed by atoms with van der Waals surface area (Å²) in [5.74, 6) is 0. The number of anilines is 1. The number of hydrogen-bond donors (Lipinski definition) is 0. The Morgan fingerprint density at radius 1 is 1.10 bits per heavy atom. The van der Waals surface area contributed by atoms with Crippen LogP contribution in [-0.2, 0) is 11.3 Å². The Hall–Kier alpha value is -2.56. The molecule has 1 aliphatic rings. The van der Waals surface area contributed by atoms with Crippen LogP contribution in [-0.4, -0.2) is 41.7 Å². The Kier molecular flexibility index (Phi) is 8.12. The third-order valence-electron chi connectivity index (χ3n) is 6.07. The number of benzene rings is 1. The molecular weight excluding hydrogens is 374 g/mol. The van der Waals surface area contributed by atoms with E-state index in [0.29, 0.717) is 12.6 Å². The van der Waals surface area contributed by atoms with E-state index in [2.05, 4.69) is 59.3 Å². The van der Waals surface area contributed by atoms with Crippen LogP contribution in [0.4, 0.5) is 10.5 Å². The molecule has 0 N–H and O–H groups in total. The van der Waals surface area contributed by atoms with Crippen molar-refractivity contribution in [2.75, 3.05) is 18.6 Å². The van der Waals surface area contributed by atoms with Gasteiger partial charge < -0.3 is 14.5 Å². The van der Waals surface area contributed by atoms with E-state index in [9.17, 15) is 4.79 Å². The third-order valence-corrected chi connectivity index (χ3v) is 6.07. The van der Waals surface area contributed by atoms with Gasteiger partial charge in [-0.05, 0) is 56.7 Å². The zero-order chi connectivity index (χ0) is 21.3. The maximum atomic E-state index is 12.3. The van der Waals surface area contributed by atoms with E-state index in [0.717, 1.165) is 50.8 Å². The summed E-state index contributed by atoms with van der Waals surface area (Å²) < 4.78 is 5.40. The molecule has 1 aliphatic carbocycles. The number of hydrogen-bond acceptors (Lipinski definition) is 4. The average Bonchev–Trinajstić information content (AvgIpc) is 2.78. The van der Waals surface area contributed by atoms with Crippen molar-refractivity contribution in [2.45, 2.75) is 71.0 Å². The fraction of sp³-hybridized carbons (Fsp3) is 0.520. The van der Waals surface area contributed by atoms with Crippen LogP contribution in [0.3, 0.4) is 0 Å². The van der Waals surface area contributed by atoms with Crippen LogP contribution in [0.5, 0.6) is 0 Å². The lowest BCUT2D eigenvalue weighted by atomic mass is 9.89. The maximum absolute atomic E-state index is 12.3. The third kappa shape index (κ3) is 5.97. The Bertz CT molecular complexity index is 788. The molecule has 5 nitrogen and oxygen atoms in total. The number of ether oxygens (including phenoxy) is 1. The molecule has 5 heteroatoms. The number of nitrogens with zero attached hydrogens (tertiary/aromatic N) is 3. The van der Waals surface area contributed by atoms with Gasteiger partial charge in [-0.1, -0.05) is 43.7 Å². The quantitative estimate of drug-likeness (QED) is 0.534. The van der Waals surface area contributed by atoms with Crippen LogP contribution in [0.15, 0.2) is 48.7 Å². The van der Waals surface area contributed by atoms with Crippen molar-refractivity contribution in [2.24, 2.45) is 0 Å². The van der Waals surface area contributed by atoms with Gasteiger partial charge >= 0.3 is 6.09 Å². The van der Waals surface area contributed by atoms with Crippen molar-refractivity contribution in [3.63, 3.8) is 0 Å². The first kappa shape index (κ1) is 22.1. The van der Waals surface area contributed by atoms with E-state index in [1.165, 1.54) is 11.3 Å². The van der Waals surface area contributed by atoms with E-state index >= 15 is 0 Å². The molecule has 0 spiro atoms. The first-order valence-corrected chi connectivity index (χ1v) is 11.2. The summed E-state index contributed by atoms with van der Waals surface area (Å²) in [4.78, 5) is 21.0. The van der Waals surface area contributed by atoms with Gasteiger partial charge in [0, 0.05) is 43.3 Å². The fourth-order valence-corrected chi connectivity index (χ4v) is 4.23. The first-order valence-electron chi connectivity index (χ1n) is 11.2. The van der Waals surface area contributed by atoms with Gasteiger partial charge in [0.05, 0.1) is 6.61 Å². The summed E-state index contributed by atoms with van der Waals surface area (Å²) in [6.07, 6.45) is 7.79. The van der Waals surface area contributed by atoms with E-state index in [1.807, 2.05) is 25.1 Å². The first-order chi connectivity index (χ1) is 14.6. The van der Waals surface area contributed by atoms with E-state index < -0.39 is 0 Å². The van der Waals surface area contributed by atoms with Crippen LogP contribution in [0.2, 0.25) is 0 Å². The highest BCUT2D eigenvalue weighted by Gasteiger charge is 2.30. The Balaban J connectivity index is 1.65. The number of rotatable bonds is 8. The molecule has 1 amide bonds. The van der Waals surface area contributed by atoms with E-state index in [-0.39, 0.29) is 12.1 Å². The molecule has 0 unspecified atom stereocenters. The molecule has 1 aromatic carbocycles. The van der Waals surface area contributed by atoms with Crippen molar-refractivity contribution < 1.29 is 9.53 Å². The molecule has 0 radical (unpaired) electrons. The Morgan fingerprint density at radius 3 is 2.47 bits per heavy atom. The summed E-state index contributed by atoms with van der Waals surface area (Å²) in [6.45, 7) is 5.54. The van der Waals surface area contributed by atoms with Crippen molar-refractivity contribution in [1.82, 2.24) is 9.88 Å². The molecule has 1 saturated carbocycles. The number of aryl methyl sites for hydroxylation is 1. The lowest BCUT2D eigenvalue weighted by Crippen LogP contribution is -2.45. The van der Waals surface area contributed by atoms with Crippen LogP contribution in [0.1, 0.15) is 56.7 Å². The SMILES string of the molecule is CCCCOC(=O)N(C)C1CCC(N(Cc2ccccc2)c2ccnc(C)c2)CC1. The second-order valence-corrected chi connectivity index (χ2v) is 8.31. The van der Waals surface area contributed by atoms with E-state index in [4.69, 9.17) is 4.74 Å². The molecule has 30 heavy (non-hydrogen) atoms. The largest absolute Gasteiger partial charge is 0.449 e. The highest BCUT2D eigenvalue weighted by molar-refractivity contribution is 5.67. The number of unbranched alkanes of at least 4 members (excludes halogenated alkanes) is 1. The smallest absolute Gasteiger partial charge is 0.409 e. The zero-order valence-corrected chi connectivity index (χ0v) is 18.6. The highest BCUT2D eigenvalue weighted by atomic mass is 16.6. The molecule has 2 aromatic rings. The predicted molar refractivity (Wildman–Crippen MR) is 122 cm³/mol. The lowest BCUT2D eigenvalue weighted by Gasteiger charge is -2.40. The fourth-order valence-electron chi connectivity index (χ4n) is 4.23. The minimum Gasteiger partial charge on any atom is -0.449 e. The van der Waals surface area contributed by atoms with Crippen molar-refractivity contribution in [3.05, 3.63) is 59.9 Å². The molecule has 0 aliphatic heterocycles.